The number of amides is 1. The fourth-order valence-corrected chi connectivity index (χ4v) is 3.24. The number of carbonyl (C=O) groups excluding carboxylic acids is 1. The van der Waals surface area contributed by atoms with Crippen molar-refractivity contribution in [3.8, 4) is 0 Å². The standard InChI is InChI=1S/C15H22N2O2S/c18-14(11-20-10-13-5-4-8-16-9-13)17-12-15(19)6-2-1-3-7-15/h4-5,8-9,19H,1-3,6-7,10-12H2,(H,17,18). The molecule has 0 unspecified atom stereocenters. The maximum Gasteiger partial charge on any atom is 0.230 e. The fourth-order valence-electron chi connectivity index (χ4n) is 2.45. The molecule has 1 aromatic heterocycles. The van der Waals surface area contributed by atoms with Crippen LogP contribution in [0.1, 0.15) is 37.7 Å². The van der Waals surface area contributed by atoms with Crippen LogP contribution in [0.4, 0.5) is 0 Å². The van der Waals surface area contributed by atoms with Crippen molar-refractivity contribution >= 4 is 17.7 Å². The number of aliphatic hydroxyl groups is 1. The highest BCUT2D eigenvalue weighted by Crippen LogP contribution is 2.27. The minimum atomic E-state index is -0.679. The maximum atomic E-state index is 11.8. The monoisotopic (exact) mass is 294 g/mol. The second-order valence-electron chi connectivity index (χ2n) is 5.42. The molecule has 1 amide bonds. The molecule has 1 aromatic rings. The predicted molar refractivity (Wildman–Crippen MR) is 81.4 cm³/mol. The van der Waals surface area contributed by atoms with E-state index in [0.29, 0.717) is 12.3 Å². The highest BCUT2D eigenvalue weighted by atomic mass is 32.2. The van der Waals surface area contributed by atoms with Crippen LogP contribution in [0.5, 0.6) is 0 Å². The van der Waals surface area contributed by atoms with Gasteiger partial charge in [0.05, 0.1) is 11.4 Å². The SMILES string of the molecule is O=C(CSCc1cccnc1)NCC1(O)CCCCC1. The van der Waals surface area contributed by atoms with Crippen molar-refractivity contribution in [2.24, 2.45) is 0 Å². The van der Waals surface area contributed by atoms with Crippen LogP contribution >= 0.6 is 11.8 Å². The van der Waals surface area contributed by atoms with Crippen LogP contribution in [0.25, 0.3) is 0 Å². The number of hydrogen-bond acceptors (Lipinski definition) is 4. The summed E-state index contributed by atoms with van der Waals surface area (Å²) in [5.74, 6) is 1.20. The summed E-state index contributed by atoms with van der Waals surface area (Å²) in [6, 6.07) is 3.90. The second-order valence-corrected chi connectivity index (χ2v) is 6.40. The minimum absolute atomic E-state index is 0.00195. The van der Waals surface area contributed by atoms with Crippen molar-refractivity contribution < 1.29 is 9.90 Å². The van der Waals surface area contributed by atoms with Gasteiger partial charge in [-0.3, -0.25) is 9.78 Å². The molecule has 0 radical (unpaired) electrons. The van der Waals surface area contributed by atoms with Gasteiger partial charge < -0.3 is 10.4 Å². The van der Waals surface area contributed by atoms with Gasteiger partial charge in [-0.25, -0.2) is 0 Å². The quantitative estimate of drug-likeness (QED) is 0.843. The predicted octanol–water partition coefficient (Wildman–Crippen LogP) is 2.13. The number of hydrogen-bond donors (Lipinski definition) is 2. The molecule has 1 aliphatic rings. The molecule has 2 rings (SSSR count). The molecule has 1 saturated carbocycles. The molecule has 1 fully saturated rings. The average Bonchev–Trinajstić information content (AvgIpc) is 2.47. The largest absolute Gasteiger partial charge is 0.388 e. The zero-order chi connectivity index (χ0) is 14.3. The van der Waals surface area contributed by atoms with Gasteiger partial charge in [-0.2, -0.15) is 0 Å². The maximum absolute atomic E-state index is 11.8. The van der Waals surface area contributed by atoms with Gasteiger partial charge in [0.25, 0.3) is 0 Å². The van der Waals surface area contributed by atoms with Crippen LogP contribution in [0.15, 0.2) is 24.5 Å². The van der Waals surface area contributed by atoms with E-state index in [-0.39, 0.29) is 5.91 Å². The van der Waals surface area contributed by atoms with Crippen molar-refractivity contribution in [3.63, 3.8) is 0 Å². The van der Waals surface area contributed by atoms with E-state index < -0.39 is 5.60 Å². The van der Waals surface area contributed by atoms with Gasteiger partial charge in [0, 0.05) is 24.7 Å². The summed E-state index contributed by atoms with van der Waals surface area (Å²) in [4.78, 5) is 15.8. The normalized spacial score (nSPS) is 17.6. The summed E-state index contributed by atoms with van der Waals surface area (Å²) < 4.78 is 0. The molecule has 0 aliphatic heterocycles. The topological polar surface area (TPSA) is 62.2 Å². The molecule has 0 saturated heterocycles. The van der Waals surface area contributed by atoms with E-state index in [1.165, 1.54) is 6.42 Å². The first-order chi connectivity index (χ1) is 9.68. The molecule has 20 heavy (non-hydrogen) atoms. The van der Waals surface area contributed by atoms with Crippen LogP contribution in [-0.4, -0.2) is 33.9 Å². The Labute approximate surface area is 124 Å². The Morgan fingerprint density at radius 3 is 2.90 bits per heavy atom. The van der Waals surface area contributed by atoms with Gasteiger partial charge in [-0.1, -0.05) is 25.3 Å². The van der Waals surface area contributed by atoms with Crippen LogP contribution in [-0.2, 0) is 10.5 Å². The lowest BCUT2D eigenvalue weighted by Gasteiger charge is -2.32. The number of carbonyl (C=O) groups is 1. The van der Waals surface area contributed by atoms with E-state index in [1.807, 2.05) is 18.3 Å². The zero-order valence-electron chi connectivity index (χ0n) is 11.7. The van der Waals surface area contributed by atoms with Gasteiger partial charge in [-0.15, -0.1) is 11.8 Å². The highest BCUT2D eigenvalue weighted by Gasteiger charge is 2.29. The lowest BCUT2D eigenvalue weighted by molar-refractivity contribution is -0.120. The molecule has 0 spiro atoms. The third kappa shape index (κ3) is 5.13. The summed E-state index contributed by atoms with van der Waals surface area (Å²) in [5.41, 5.74) is 0.443. The van der Waals surface area contributed by atoms with E-state index in [0.717, 1.165) is 37.0 Å². The van der Waals surface area contributed by atoms with E-state index in [9.17, 15) is 9.90 Å². The summed E-state index contributed by atoms with van der Waals surface area (Å²) in [6.07, 6.45) is 8.47. The molecule has 2 N–H and O–H groups in total. The Kier molecular flexibility index (Phi) is 5.86. The summed E-state index contributed by atoms with van der Waals surface area (Å²) in [7, 11) is 0. The molecule has 4 nitrogen and oxygen atoms in total. The van der Waals surface area contributed by atoms with Crippen molar-refractivity contribution in [3.05, 3.63) is 30.1 Å². The first-order valence-corrected chi connectivity index (χ1v) is 8.29. The third-order valence-corrected chi connectivity index (χ3v) is 4.63. The molecule has 1 aliphatic carbocycles. The molecule has 5 heteroatoms. The lowest BCUT2D eigenvalue weighted by Crippen LogP contribution is -2.44. The minimum Gasteiger partial charge on any atom is -0.388 e. The molecular weight excluding hydrogens is 272 g/mol. The number of thioether (sulfide) groups is 1. The van der Waals surface area contributed by atoms with Crippen molar-refractivity contribution in [2.45, 2.75) is 43.5 Å². The number of pyridine rings is 1. The van der Waals surface area contributed by atoms with Crippen LogP contribution in [0, 0.1) is 0 Å². The molecule has 0 bridgehead atoms. The summed E-state index contributed by atoms with van der Waals surface area (Å²) >= 11 is 1.57. The van der Waals surface area contributed by atoms with E-state index in [4.69, 9.17) is 0 Å². The highest BCUT2D eigenvalue weighted by molar-refractivity contribution is 7.99. The van der Waals surface area contributed by atoms with Crippen molar-refractivity contribution in [1.82, 2.24) is 10.3 Å². The van der Waals surface area contributed by atoms with Crippen molar-refractivity contribution in [2.75, 3.05) is 12.3 Å². The van der Waals surface area contributed by atoms with Gasteiger partial charge in [-0.05, 0) is 24.5 Å². The number of aromatic nitrogens is 1. The van der Waals surface area contributed by atoms with Gasteiger partial charge in [0.2, 0.25) is 5.91 Å². The smallest absolute Gasteiger partial charge is 0.230 e. The van der Waals surface area contributed by atoms with Crippen LogP contribution in [0.3, 0.4) is 0 Å². The lowest BCUT2D eigenvalue weighted by atomic mass is 9.85. The van der Waals surface area contributed by atoms with Crippen LogP contribution in [0.2, 0.25) is 0 Å². The van der Waals surface area contributed by atoms with Crippen molar-refractivity contribution in [1.29, 1.82) is 0 Å². The van der Waals surface area contributed by atoms with E-state index in [2.05, 4.69) is 10.3 Å². The average molecular weight is 294 g/mol. The molecule has 0 aromatic carbocycles. The third-order valence-electron chi connectivity index (χ3n) is 3.62. The number of nitrogens with one attached hydrogen (secondary N) is 1. The van der Waals surface area contributed by atoms with Gasteiger partial charge in [0.1, 0.15) is 0 Å². The Morgan fingerprint density at radius 2 is 2.20 bits per heavy atom. The summed E-state index contributed by atoms with van der Waals surface area (Å²) in [6.45, 7) is 0.388. The Balaban J connectivity index is 1.63. The zero-order valence-corrected chi connectivity index (χ0v) is 12.5. The molecule has 110 valence electrons. The number of nitrogens with zero attached hydrogens (tertiary/aromatic N) is 1. The molecule has 0 atom stereocenters. The van der Waals surface area contributed by atoms with Gasteiger partial charge >= 0.3 is 0 Å². The fraction of sp³-hybridized carbons (Fsp3) is 0.600. The number of rotatable bonds is 6. The Morgan fingerprint density at radius 1 is 1.40 bits per heavy atom. The van der Waals surface area contributed by atoms with E-state index >= 15 is 0 Å². The summed E-state index contributed by atoms with van der Waals surface area (Å²) in [5, 5.41) is 13.1. The first-order valence-electron chi connectivity index (χ1n) is 7.14. The van der Waals surface area contributed by atoms with E-state index in [1.54, 1.807) is 18.0 Å². The van der Waals surface area contributed by atoms with Gasteiger partial charge in [0.15, 0.2) is 0 Å². The Bertz CT molecular complexity index is 419. The Hall–Kier alpha value is -1.07. The molecule has 1 heterocycles. The molecular formula is C15H22N2O2S. The second kappa shape index (κ2) is 7.64. The first kappa shape index (κ1) is 15.3. The van der Waals surface area contributed by atoms with Crippen LogP contribution < -0.4 is 5.32 Å².